The molecule has 0 aliphatic carbocycles. The number of nitro benzene ring substituents is 1. The molecule has 0 fully saturated rings. The van der Waals surface area contributed by atoms with Crippen molar-refractivity contribution < 1.29 is 19.5 Å². The molecule has 0 radical (unpaired) electrons. The van der Waals surface area contributed by atoms with Crippen LogP contribution in [0, 0.1) is 10.1 Å². The Morgan fingerprint density at radius 3 is 2.29 bits per heavy atom. The predicted octanol–water partition coefficient (Wildman–Crippen LogP) is 3.86. The number of aliphatic hydroxyl groups is 1. The summed E-state index contributed by atoms with van der Waals surface area (Å²) in [7, 11) is 3.17. The Balaban J connectivity index is 1.80. The summed E-state index contributed by atoms with van der Waals surface area (Å²) in [6.45, 7) is 1.03. The molecule has 3 aromatic carbocycles. The van der Waals surface area contributed by atoms with Gasteiger partial charge in [0.2, 0.25) is 0 Å². The van der Waals surface area contributed by atoms with E-state index in [0.717, 1.165) is 28.7 Å². The smallest absolute Gasteiger partial charge is 0.269 e. The number of ether oxygens (including phenoxy) is 2. The Morgan fingerprint density at radius 2 is 1.68 bits per heavy atom. The van der Waals surface area contributed by atoms with Gasteiger partial charge in [-0.2, -0.15) is 0 Å². The standard InChI is InChI=1S/C24H24N2O5/c1-30-22-14-18-12-13-25(16-17-8-10-20(11-9-17)26(28)29)24(27,19-6-4-3-5-7-19)21(18)15-23(22)31-2/h3-11,14-15,27H,12-13,16H2,1-2H3. The summed E-state index contributed by atoms with van der Waals surface area (Å²) < 4.78 is 11.0. The Labute approximate surface area is 180 Å². The molecule has 0 aromatic heterocycles. The minimum absolute atomic E-state index is 0.0443. The number of non-ortho nitro benzene ring substituents is 1. The first kappa shape index (κ1) is 20.8. The summed E-state index contributed by atoms with van der Waals surface area (Å²) in [5.41, 5.74) is 2.00. The first-order chi connectivity index (χ1) is 15.0. The van der Waals surface area contributed by atoms with Crippen molar-refractivity contribution in [3.05, 3.63) is 99.1 Å². The molecule has 1 atom stereocenters. The third-order valence-corrected chi connectivity index (χ3v) is 5.79. The van der Waals surface area contributed by atoms with E-state index >= 15 is 0 Å². The van der Waals surface area contributed by atoms with Crippen molar-refractivity contribution in [1.29, 1.82) is 0 Å². The van der Waals surface area contributed by atoms with Crippen LogP contribution < -0.4 is 9.47 Å². The Hall–Kier alpha value is -3.42. The summed E-state index contributed by atoms with van der Waals surface area (Å²) in [5.74, 6) is 1.17. The van der Waals surface area contributed by atoms with Crippen LogP contribution in [0.5, 0.6) is 11.5 Å². The van der Waals surface area contributed by atoms with E-state index in [1.54, 1.807) is 26.4 Å². The van der Waals surface area contributed by atoms with Gasteiger partial charge in [0.15, 0.2) is 17.2 Å². The summed E-state index contributed by atoms with van der Waals surface area (Å²) in [6.07, 6.45) is 0.720. The highest BCUT2D eigenvalue weighted by molar-refractivity contribution is 5.53. The number of hydrogen-bond acceptors (Lipinski definition) is 6. The molecule has 7 nitrogen and oxygen atoms in total. The van der Waals surface area contributed by atoms with Crippen molar-refractivity contribution in [2.45, 2.75) is 18.7 Å². The van der Waals surface area contributed by atoms with Gasteiger partial charge in [-0.1, -0.05) is 42.5 Å². The van der Waals surface area contributed by atoms with Crippen molar-refractivity contribution in [3.8, 4) is 11.5 Å². The lowest BCUT2D eigenvalue weighted by molar-refractivity contribution is -0.384. The average Bonchev–Trinajstić information content (AvgIpc) is 2.81. The highest BCUT2D eigenvalue weighted by Gasteiger charge is 2.43. The van der Waals surface area contributed by atoms with E-state index < -0.39 is 10.6 Å². The van der Waals surface area contributed by atoms with Crippen LogP contribution in [0.2, 0.25) is 0 Å². The zero-order valence-electron chi connectivity index (χ0n) is 17.4. The topological polar surface area (TPSA) is 85.1 Å². The van der Waals surface area contributed by atoms with Crippen LogP contribution in [-0.2, 0) is 18.7 Å². The van der Waals surface area contributed by atoms with Gasteiger partial charge in [0.1, 0.15) is 0 Å². The molecule has 1 aliphatic heterocycles. The average molecular weight is 420 g/mol. The zero-order valence-corrected chi connectivity index (χ0v) is 17.4. The van der Waals surface area contributed by atoms with Crippen LogP contribution in [0.1, 0.15) is 22.3 Å². The molecule has 31 heavy (non-hydrogen) atoms. The molecule has 7 heteroatoms. The second-order valence-electron chi connectivity index (χ2n) is 7.50. The second-order valence-corrected chi connectivity index (χ2v) is 7.50. The van der Waals surface area contributed by atoms with Crippen molar-refractivity contribution in [2.24, 2.45) is 0 Å². The minimum Gasteiger partial charge on any atom is -0.493 e. The normalized spacial score (nSPS) is 18.3. The second kappa shape index (κ2) is 8.37. The van der Waals surface area contributed by atoms with E-state index in [0.29, 0.717) is 24.6 Å². The van der Waals surface area contributed by atoms with Gasteiger partial charge in [0.25, 0.3) is 5.69 Å². The summed E-state index contributed by atoms with van der Waals surface area (Å²) in [6, 6.07) is 19.7. The molecule has 160 valence electrons. The Morgan fingerprint density at radius 1 is 1.03 bits per heavy atom. The number of hydrogen-bond donors (Lipinski definition) is 1. The molecule has 4 rings (SSSR count). The maximum Gasteiger partial charge on any atom is 0.269 e. The number of fused-ring (bicyclic) bond motifs is 1. The van der Waals surface area contributed by atoms with Crippen LogP contribution in [0.4, 0.5) is 5.69 Å². The van der Waals surface area contributed by atoms with Gasteiger partial charge in [-0.25, -0.2) is 0 Å². The van der Waals surface area contributed by atoms with Crippen LogP contribution in [-0.4, -0.2) is 35.7 Å². The highest BCUT2D eigenvalue weighted by Crippen LogP contribution is 2.44. The molecule has 1 heterocycles. The van der Waals surface area contributed by atoms with Gasteiger partial charge in [0.05, 0.1) is 19.1 Å². The van der Waals surface area contributed by atoms with Crippen molar-refractivity contribution in [2.75, 3.05) is 20.8 Å². The molecular formula is C24H24N2O5. The molecule has 3 aromatic rings. The number of rotatable bonds is 6. The molecule has 0 saturated heterocycles. The fraction of sp³-hybridized carbons (Fsp3) is 0.250. The molecule has 1 unspecified atom stereocenters. The molecule has 0 bridgehead atoms. The quantitative estimate of drug-likeness (QED) is 0.481. The van der Waals surface area contributed by atoms with Crippen LogP contribution >= 0.6 is 0 Å². The number of methoxy groups -OCH3 is 2. The Kier molecular flexibility index (Phi) is 5.63. The first-order valence-corrected chi connectivity index (χ1v) is 9.99. The fourth-order valence-corrected chi connectivity index (χ4v) is 4.19. The maximum absolute atomic E-state index is 12.2. The van der Waals surface area contributed by atoms with Crippen molar-refractivity contribution in [3.63, 3.8) is 0 Å². The first-order valence-electron chi connectivity index (χ1n) is 9.99. The van der Waals surface area contributed by atoms with Crippen molar-refractivity contribution >= 4 is 5.69 Å². The van der Waals surface area contributed by atoms with Gasteiger partial charge in [-0.3, -0.25) is 15.0 Å². The zero-order chi connectivity index (χ0) is 22.0. The lowest BCUT2D eigenvalue weighted by atomic mass is 9.84. The third-order valence-electron chi connectivity index (χ3n) is 5.79. The monoisotopic (exact) mass is 420 g/mol. The van der Waals surface area contributed by atoms with Crippen LogP contribution in [0.15, 0.2) is 66.7 Å². The van der Waals surface area contributed by atoms with Gasteiger partial charge < -0.3 is 14.6 Å². The van der Waals surface area contributed by atoms with E-state index in [-0.39, 0.29) is 5.69 Å². The van der Waals surface area contributed by atoms with E-state index in [4.69, 9.17) is 9.47 Å². The molecule has 1 N–H and O–H groups in total. The number of nitrogens with zero attached hydrogens (tertiary/aromatic N) is 2. The molecule has 1 aliphatic rings. The van der Waals surface area contributed by atoms with Gasteiger partial charge >= 0.3 is 0 Å². The number of benzene rings is 3. The van der Waals surface area contributed by atoms with E-state index in [2.05, 4.69) is 0 Å². The SMILES string of the molecule is COc1cc2c(cc1OC)C(O)(c1ccccc1)N(Cc1ccc([N+](=O)[O-])cc1)CC2. The van der Waals surface area contributed by atoms with Gasteiger partial charge in [-0.15, -0.1) is 0 Å². The highest BCUT2D eigenvalue weighted by atomic mass is 16.6. The maximum atomic E-state index is 12.2. The van der Waals surface area contributed by atoms with E-state index in [9.17, 15) is 15.2 Å². The lowest BCUT2D eigenvalue weighted by Crippen LogP contribution is -2.51. The fourth-order valence-electron chi connectivity index (χ4n) is 4.19. The van der Waals surface area contributed by atoms with Crippen LogP contribution in [0.3, 0.4) is 0 Å². The molecule has 0 amide bonds. The van der Waals surface area contributed by atoms with Gasteiger partial charge in [0, 0.05) is 36.3 Å². The predicted molar refractivity (Wildman–Crippen MR) is 116 cm³/mol. The number of nitro groups is 1. The summed E-state index contributed by atoms with van der Waals surface area (Å²) in [5, 5.41) is 23.1. The Bertz CT molecular complexity index is 1090. The summed E-state index contributed by atoms with van der Waals surface area (Å²) >= 11 is 0. The molecule has 0 spiro atoms. The lowest BCUT2D eigenvalue weighted by Gasteiger charge is -2.45. The minimum atomic E-state index is -1.39. The molecule has 0 saturated carbocycles. The molecular weight excluding hydrogens is 396 g/mol. The van der Waals surface area contributed by atoms with E-state index in [1.165, 1.54) is 12.1 Å². The summed E-state index contributed by atoms with van der Waals surface area (Å²) in [4.78, 5) is 12.5. The third kappa shape index (κ3) is 3.73. The van der Waals surface area contributed by atoms with Gasteiger partial charge in [-0.05, 0) is 29.7 Å². The largest absolute Gasteiger partial charge is 0.493 e. The van der Waals surface area contributed by atoms with E-state index in [1.807, 2.05) is 47.4 Å². The van der Waals surface area contributed by atoms with Crippen LogP contribution in [0.25, 0.3) is 0 Å². The van der Waals surface area contributed by atoms with Crippen molar-refractivity contribution in [1.82, 2.24) is 4.90 Å².